The van der Waals surface area contributed by atoms with E-state index in [0.717, 1.165) is 55.2 Å². The van der Waals surface area contributed by atoms with Gasteiger partial charge in [0.2, 0.25) is 4.77 Å². The fourth-order valence-corrected chi connectivity index (χ4v) is 3.98. The van der Waals surface area contributed by atoms with Gasteiger partial charge in [-0.25, -0.2) is 0 Å². The average molecular weight is 406 g/mol. The molecule has 0 saturated carbocycles. The number of hydrogen-bond acceptors (Lipinski definition) is 4. The molecule has 1 aliphatic rings. The van der Waals surface area contributed by atoms with Gasteiger partial charge >= 0.3 is 0 Å². The van der Waals surface area contributed by atoms with Crippen molar-refractivity contribution in [3.63, 3.8) is 0 Å². The van der Waals surface area contributed by atoms with Crippen molar-refractivity contribution in [2.24, 2.45) is 5.92 Å². The van der Waals surface area contributed by atoms with E-state index in [9.17, 15) is 5.11 Å². The Labute approximate surface area is 172 Å². The molecule has 2 atom stereocenters. The number of aliphatic hydroxyl groups excluding tert-OH is 1. The molecular formula is C21H33N4O2S+. The summed E-state index contributed by atoms with van der Waals surface area (Å²) in [7, 11) is 0. The molecule has 1 aromatic heterocycles. The van der Waals surface area contributed by atoms with Crippen LogP contribution in [0.1, 0.15) is 45.0 Å². The summed E-state index contributed by atoms with van der Waals surface area (Å²) in [6.07, 6.45) is 2.74. The molecule has 1 aliphatic heterocycles. The zero-order valence-electron chi connectivity index (χ0n) is 17.2. The van der Waals surface area contributed by atoms with Crippen molar-refractivity contribution in [2.45, 2.75) is 66.0 Å². The number of piperidine rings is 1. The minimum atomic E-state index is -0.218. The van der Waals surface area contributed by atoms with Crippen LogP contribution in [-0.2, 0) is 26.2 Å². The van der Waals surface area contributed by atoms with Crippen LogP contribution in [0.3, 0.4) is 0 Å². The van der Waals surface area contributed by atoms with Crippen molar-refractivity contribution in [3.8, 4) is 5.75 Å². The van der Waals surface area contributed by atoms with Crippen molar-refractivity contribution in [1.82, 2.24) is 14.3 Å². The van der Waals surface area contributed by atoms with Gasteiger partial charge in [-0.2, -0.15) is 4.68 Å². The summed E-state index contributed by atoms with van der Waals surface area (Å²) in [5, 5.41) is 14.7. The van der Waals surface area contributed by atoms with Gasteiger partial charge < -0.3 is 19.3 Å². The number of likely N-dealkylation sites (tertiary alicyclic amines) is 1. The van der Waals surface area contributed by atoms with Crippen LogP contribution in [0.4, 0.5) is 0 Å². The standard InChI is InChI=1S/C21H32N4O2S/c1-4-17-7-9-19(10-8-17)27-14-20-22-25(21(28)24(20)12-16(2)3)15-23-11-5-6-18(26)13-23/h7-10,16,18,26H,4-6,11-15H2,1-3H3/p+1/t18-/m0/s1. The average Bonchev–Trinajstić information content (AvgIpc) is 2.95. The molecule has 1 fully saturated rings. The Balaban J connectivity index is 1.75. The Bertz CT molecular complexity index is 813. The van der Waals surface area contributed by atoms with E-state index in [1.54, 1.807) is 0 Å². The smallest absolute Gasteiger partial charge is 0.202 e. The number of rotatable bonds is 8. The summed E-state index contributed by atoms with van der Waals surface area (Å²) < 4.78 is 10.7. The summed E-state index contributed by atoms with van der Waals surface area (Å²) >= 11 is 5.72. The van der Waals surface area contributed by atoms with Gasteiger partial charge in [0.05, 0.1) is 6.54 Å². The van der Waals surface area contributed by atoms with E-state index in [-0.39, 0.29) is 6.10 Å². The molecule has 0 radical (unpaired) electrons. The topological polar surface area (TPSA) is 56.6 Å². The van der Waals surface area contributed by atoms with E-state index in [1.807, 2.05) is 16.8 Å². The number of nitrogens with one attached hydrogen (secondary N) is 1. The monoisotopic (exact) mass is 405 g/mol. The maximum atomic E-state index is 9.95. The fraction of sp³-hybridized carbons (Fsp3) is 0.619. The van der Waals surface area contributed by atoms with Crippen LogP contribution < -0.4 is 9.64 Å². The summed E-state index contributed by atoms with van der Waals surface area (Å²) in [6.45, 7) is 10.2. The van der Waals surface area contributed by atoms with Gasteiger partial charge in [0, 0.05) is 6.54 Å². The lowest BCUT2D eigenvalue weighted by Crippen LogP contribution is -3.13. The lowest BCUT2D eigenvalue weighted by atomic mass is 10.1. The lowest BCUT2D eigenvalue weighted by Gasteiger charge is -2.26. The number of aliphatic hydroxyl groups is 1. The molecule has 0 amide bonds. The van der Waals surface area contributed by atoms with Crippen molar-refractivity contribution in [2.75, 3.05) is 13.1 Å². The number of aromatic nitrogens is 3. The first-order valence-corrected chi connectivity index (χ1v) is 10.8. The van der Waals surface area contributed by atoms with E-state index in [4.69, 9.17) is 22.1 Å². The van der Waals surface area contributed by atoms with Crippen LogP contribution >= 0.6 is 12.2 Å². The van der Waals surface area contributed by atoms with Crippen molar-refractivity contribution in [3.05, 3.63) is 40.4 Å². The Kier molecular flexibility index (Phi) is 7.26. The number of quaternary nitrogens is 1. The van der Waals surface area contributed by atoms with Crippen LogP contribution in [0, 0.1) is 10.7 Å². The van der Waals surface area contributed by atoms with E-state index in [1.165, 1.54) is 10.5 Å². The normalized spacial score (nSPS) is 19.9. The van der Waals surface area contributed by atoms with Crippen LogP contribution in [0.2, 0.25) is 0 Å². The Morgan fingerprint density at radius 1 is 1.32 bits per heavy atom. The third-order valence-electron chi connectivity index (χ3n) is 5.21. The van der Waals surface area contributed by atoms with Crippen LogP contribution in [-0.4, -0.2) is 38.6 Å². The maximum Gasteiger partial charge on any atom is 0.202 e. The Morgan fingerprint density at radius 3 is 2.71 bits per heavy atom. The Morgan fingerprint density at radius 2 is 2.07 bits per heavy atom. The van der Waals surface area contributed by atoms with Crippen molar-refractivity contribution >= 4 is 12.2 Å². The summed E-state index contributed by atoms with van der Waals surface area (Å²) in [5.41, 5.74) is 1.30. The van der Waals surface area contributed by atoms with Gasteiger partial charge in [-0.3, -0.25) is 0 Å². The van der Waals surface area contributed by atoms with Gasteiger partial charge in [0.1, 0.15) is 25.0 Å². The maximum absolute atomic E-state index is 9.95. The highest BCUT2D eigenvalue weighted by Gasteiger charge is 2.23. The second-order valence-corrected chi connectivity index (χ2v) is 8.51. The lowest BCUT2D eigenvalue weighted by molar-refractivity contribution is -0.931. The molecule has 2 heterocycles. The minimum absolute atomic E-state index is 0.218. The highest BCUT2D eigenvalue weighted by Crippen LogP contribution is 2.15. The summed E-state index contributed by atoms with van der Waals surface area (Å²) in [6, 6.07) is 8.21. The fourth-order valence-electron chi connectivity index (χ4n) is 3.69. The summed E-state index contributed by atoms with van der Waals surface area (Å²) in [4.78, 5) is 1.33. The first-order chi connectivity index (χ1) is 13.5. The van der Waals surface area contributed by atoms with Crippen LogP contribution in [0.5, 0.6) is 5.75 Å². The number of ether oxygens (including phenoxy) is 1. The second-order valence-electron chi connectivity index (χ2n) is 8.15. The van der Waals surface area contributed by atoms with Crippen LogP contribution in [0.25, 0.3) is 0 Å². The number of aryl methyl sites for hydroxylation is 1. The molecule has 0 spiro atoms. The summed E-state index contributed by atoms with van der Waals surface area (Å²) in [5.74, 6) is 2.17. The van der Waals surface area contributed by atoms with E-state index >= 15 is 0 Å². The molecule has 0 aliphatic carbocycles. The third kappa shape index (κ3) is 5.43. The number of benzene rings is 1. The SMILES string of the molecule is CCc1ccc(OCc2nn(C[NH+]3CCC[C@H](O)C3)c(=S)n2CC(C)C)cc1. The van der Waals surface area contributed by atoms with Gasteiger partial charge in [0.15, 0.2) is 12.5 Å². The molecule has 0 bridgehead atoms. The highest BCUT2D eigenvalue weighted by atomic mass is 32.1. The van der Waals surface area contributed by atoms with Crippen molar-refractivity contribution in [1.29, 1.82) is 0 Å². The predicted octanol–water partition coefficient (Wildman–Crippen LogP) is 2.21. The molecule has 28 heavy (non-hydrogen) atoms. The van der Waals surface area contributed by atoms with E-state index < -0.39 is 0 Å². The largest absolute Gasteiger partial charge is 0.486 e. The van der Waals surface area contributed by atoms with E-state index in [0.29, 0.717) is 19.2 Å². The number of hydrogen-bond donors (Lipinski definition) is 2. The minimum Gasteiger partial charge on any atom is -0.486 e. The molecule has 1 aromatic carbocycles. The van der Waals surface area contributed by atoms with Gasteiger partial charge in [-0.1, -0.05) is 32.9 Å². The van der Waals surface area contributed by atoms with Gasteiger partial charge in [-0.15, -0.1) is 5.10 Å². The third-order valence-corrected chi connectivity index (χ3v) is 5.64. The molecule has 2 N–H and O–H groups in total. The second kappa shape index (κ2) is 9.67. The molecule has 3 rings (SSSR count). The van der Waals surface area contributed by atoms with Crippen molar-refractivity contribution < 1.29 is 14.7 Å². The molecule has 1 unspecified atom stereocenters. The van der Waals surface area contributed by atoms with E-state index in [2.05, 4.69) is 37.5 Å². The molecule has 1 saturated heterocycles. The zero-order chi connectivity index (χ0) is 20.1. The quantitative estimate of drug-likeness (QED) is 0.661. The zero-order valence-corrected chi connectivity index (χ0v) is 18.0. The molecule has 7 heteroatoms. The number of nitrogens with zero attached hydrogens (tertiary/aromatic N) is 3. The van der Waals surface area contributed by atoms with Gasteiger partial charge in [0.25, 0.3) is 0 Å². The molecule has 2 aromatic rings. The Hall–Kier alpha value is -1.70. The molecular weight excluding hydrogens is 372 g/mol. The van der Waals surface area contributed by atoms with Gasteiger partial charge in [-0.05, 0) is 55.1 Å². The first kappa shape index (κ1) is 21.0. The molecule has 6 nitrogen and oxygen atoms in total. The first-order valence-electron chi connectivity index (χ1n) is 10.4. The van der Waals surface area contributed by atoms with Crippen LogP contribution in [0.15, 0.2) is 24.3 Å². The predicted molar refractivity (Wildman–Crippen MR) is 112 cm³/mol. The molecule has 154 valence electrons. The highest BCUT2D eigenvalue weighted by molar-refractivity contribution is 7.71.